The second kappa shape index (κ2) is 7.73. The Labute approximate surface area is 116 Å². The average molecular weight is 352 g/mol. The fraction of sp³-hybridized carbons (Fsp3) is 0.846. The molecule has 0 rings (SSSR count). The van der Waals surface area contributed by atoms with Crippen molar-refractivity contribution >= 4 is 30.9 Å². The molecule has 0 aromatic carbocycles. The molecule has 0 heterocycles. The molecule has 16 heavy (non-hydrogen) atoms. The maximum atomic E-state index is 6.10. The Morgan fingerprint density at radius 1 is 1.12 bits per heavy atom. The van der Waals surface area contributed by atoms with Gasteiger partial charge >= 0.3 is 0 Å². The van der Waals surface area contributed by atoms with Gasteiger partial charge in [0.05, 0.1) is 0 Å². The third-order valence-electron chi connectivity index (χ3n) is 3.28. The van der Waals surface area contributed by atoms with Crippen LogP contribution in [0.4, 0.5) is 0 Å². The van der Waals surface area contributed by atoms with E-state index in [1.165, 1.54) is 19.3 Å². The molecule has 0 unspecified atom stereocenters. The number of rotatable bonds is 6. The van der Waals surface area contributed by atoms with Crippen LogP contribution in [0.5, 0.6) is 0 Å². The van der Waals surface area contributed by atoms with Gasteiger partial charge in [-0.25, -0.2) is 0 Å². The van der Waals surface area contributed by atoms with Crippen LogP contribution < -0.4 is 0 Å². The van der Waals surface area contributed by atoms with E-state index in [0.717, 1.165) is 13.0 Å². The zero-order valence-electron chi connectivity index (χ0n) is 11.3. The number of unbranched alkanes of at least 4 members (excludes halogenated alkanes) is 3. The largest absolute Gasteiger partial charge is 0.417 e. The molecule has 0 aliphatic rings. The van der Waals surface area contributed by atoms with Gasteiger partial charge in [0.2, 0.25) is 0 Å². The highest BCUT2D eigenvalue weighted by Gasteiger charge is 2.36. The SMILES string of the molecule is CC(C)(C)[Si](C)(C)OCCCCCC#CI. The van der Waals surface area contributed by atoms with Crippen LogP contribution in [0.3, 0.4) is 0 Å². The van der Waals surface area contributed by atoms with Crippen LogP contribution in [0, 0.1) is 9.85 Å². The van der Waals surface area contributed by atoms with E-state index < -0.39 is 8.32 Å². The van der Waals surface area contributed by atoms with Crippen LogP contribution in [0.15, 0.2) is 0 Å². The molecule has 0 saturated heterocycles. The second-order valence-electron chi connectivity index (χ2n) is 5.69. The molecule has 0 N–H and O–H groups in total. The molecule has 1 nitrogen and oxygen atoms in total. The van der Waals surface area contributed by atoms with E-state index in [1.54, 1.807) is 0 Å². The molecule has 3 heteroatoms. The topological polar surface area (TPSA) is 9.23 Å². The van der Waals surface area contributed by atoms with Crippen molar-refractivity contribution in [1.29, 1.82) is 0 Å². The van der Waals surface area contributed by atoms with E-state index in [0.29, 0.717) is 5.04 Å². The second-order valence-corrected chi connectivity index (χ2v) is 11.0. The molecule has 0 aliphatic carbocycles. The van der Waals surface area contributed by atoms with Crippen molar-refractivity contribution in [2.45, 2.75) is 64.6 Å². The van der Waals surface area contributed by atoms with Crippen LogP contribution in [0.2, 0.25) is 18.1 Å². The first-order chi connectivity index (χ1) is 7.31. The molecule has 0 saturated carbocycles. The van der Waals surface area contributed by atoms with Gasteiger partial charge in [0.25, 0.3) is 0 Å². The molecular formula is C13H25IOSi. The van der Waals surface area contributed by atoms with Gasteiger partial charge in [0, 0.05) is 35.6 Å². The van der Waals surface area contributed by atoms with E-state index in [4.69, 9.17) is 4.43 Å². The Hall–Kier alpha value is 0.467. The predicted molar refractivity (Wildman–Crippen MR) is 83.4 cm³/mol. The number of hydrogen-bond acceptors (Lipinski definition) is 1. The first-order valence-electron chi connectivity index (χ1n) is 6.04. The maximum absolute atomic E-state index is 6.10. The van der Waals surface area contributed by atoms with Gasteiger partial charge in [0.1, 0.15) is 0 Å². The molecule has 0 fully saturated rings. The van der Waals surface area contributed by atoms with E-state index in [-0.39, 0.29) is 0 Å². The Bertz CT molecular complexity index is 245. The molecule has 0 aromatic heterocycles. The maximum Gasteiger partial charge on any atom is 0.191 e. The lowest BCUT2D eigenvalue weighted by Crippen LogP contribution is -2.40. The van der Waals surface area contributed by atoms with Crippen LogP contribution >= 0.6 is 22.6 Å². The van der Waals surface area contributed by atoms with Crippen molar-refractivity contribution in [1.82, 2.24) is 0 Å². The third kappa shape index (κ3) is 6.92. The van der Waals surface area contributed by atoms with Crippen LogP contribution in [0.1, 0.15) is 46.5 Å². The Morgan fingerprint density at radius 2 is 1.75 bits per heavy atom. The lowest BCUT2D eigenvalue weighted by Gasteiger charge is -2.36. The highest BCUT2D eigenvalue weighted by Crippen LogP contribution is 2.36. The van der Waals surface area contributed by atoms with Crippen molar-refractivity contribution in [2.75, 3.05) is 6.61 Å². The van der Waals surface area contributed by atoms with Gasteiger partial charge in [-0.3, -0.25) is 0 Å². The van der Waals surface area contributed by atoms with Gasteiger partial charge in [-0.1, -0.05) is 33.1 Å². The first kappa shape index (κ1) is 16.5. The summed E-state index contributed by atoms with van der Waals surface area (Å²) in [5, 5.41) is 0.333. The van der Waals surface area contributed by atoms with Gasteiger partial charge in [-0.2, -0.15) is 0 Å². The van der Waals surface area contributed by atoms with E-state index in [2.05, 4.69) is 66.3 Å². The molecule has 0 radical (unpaired) electrons. The predicted octanol–water partition coefficient (Wildman–Crippen LogP) is 4.96. The number of hydrogen-bond donors (Lipinski definition) is 0. The van der Waals surface area contributed by atoms with Gasteiger partial charge < -0.3 is 4.43 Å². The molecule has 94 valence electrons. The summed E-state index contributed by atoms with van der Waals surface area (Å²) < 4.78 is 9.00. The normalized spacial score (nSPS) is 12.1. The van der Waals surface area contributed by atoms with Crippen molar-refractivity contribution < 1.29 is 4.43 Å². The summed E-state index contributed by atoms with van der Waals surface area (Å²) in [6, 6.07) is 0. The average Bonchev–Trinajstić information content (AvgIpc) is 2.14. The van der Waals surface area contributed by atoms with Crippen molar-refractivity contribution in [3.05, 3.63) is 0 Å². The summed E-state index contributed by atoms with van der Waals surface area (Å²) in [5.41, 5.74) is 0. The molecular weight excluding hydrogens is 327 g/mol. The molecule has 0 spiro atoms. The summed E-state index contributed by atoms with van der Waals surface area (Å²) in [6.45, 7) is 12.4. The van der Waals surface area contributed by atoms with Crippen molar-refractivity contribution in [3.8, 4) is 9.85 Å². The summed E-state index contributed by atoms with van der Waals surface area (Å²) in [7, 11) is -1.51. The van der Waals surface area contributed by atoms with Crippen LogP contribution in [-0.4, -0.2) is 14.9 Å². The zero-order chi connectivity index (χ0) is 12.7. The molecule has 0 bridgehead atoms. The monoisotopic (exact) mass is 352 g/mol. The first-order valence-corrected chi connectivity index (χ1v) is 10.0. The lowest BCUT2D eigenvalue weighted by molar-refractivity contribution is 0.278. The summed E-state index contributed by atoms with van der Waals surface area (Å²) in [4.78, 5) is 0. The standard InChI is InChI=1S/C13H25IOSi/c1-13(2,3)16(4,5)15-12-10-8-6-7-9-11-14/h6-8,10,12H2,1-5H3. The fourth-order valence-corrected chi connectivity index (χ4v) is 2.44. The quantitative estimate of drug-likeness (QED) is 0.284. The van der Waals surface area contributed by atoms with E-state index in [1.807, 2.05) is 0 Å². The summed E-state index contributed by atoms with van der Waals surface area (Å²) in [6.07, 6.45) is 4.65. The molecule has 0 atom stereocenters. The minimum Gasteiger partial charge on any atom is -0.417 e. The van der Waals surface area contributed by atoms with Crippen LogP contribution in [-0.2, 0) is 4.43 Å². The summed E-state index contributed by atoms with van der Waals surface area (Å²) >= 11 is 2.09. The Balaban J connectivity index is 3.61. The Morgan fingerprint density at radius 3 is 2.25 bits per heavy atom. The van der Waals surface area contributed by atoms with E-state index >= 15 is 0 Å². The van der Waals surface area contributed by atoms with Crippen molar-refractivity contribution in [2.24, 2.45) is 0 Å². The minimum absolute atomic E-state index is 0.333. The zero-order valence-corrected chi connectivity index (χ0v) is 14.5. The van der Waals surface area contributed by atoms with Crippen LogP contribution in [0.25, 0.3) is 0 Å². The number of halogens is 1. The van der Waals surface area contributed by atoms with Crippen molar-refractivity contribution in [3.63, 3.8) is 0 Å². The third-order valence-corrected chi connectivity index (χ3v) is 8.20. The summed E-state index contributed by atoms with van der Waals surface area (Å²) in [5.74, 6) is 3.08. The van der Waals surface area contributed by atoms with E-state index in [9.17, 15) is 0 Å². The highest BCUT2D eigenvalue weighted by atomic mass is 127. The van der Waals surface area contributed by atoms with Gasteiger partial charge in [-0.05, 0) is 34.9 Å². The lowest BCUT2D eigenvalue weighted by atomic mass is 10.2. The van der Waals surface area contributed by atoms with Gasteiger partial charge in [0.15, 0.2) is 8.32 Å². The minimum atomic E-state index is -1.51. The molecule has 0 aliphatic heterocycles. The Kier molecular flexibility index (Phi) is 7.95. The highest BCUT2D eigenvalue weighted by molar-refractivity contribution is 14.1. The smallest absolute Gasteiger partial charge is 0.191 e. The fourth-order valence-electron chi connectivity index (χ4n) is 1.08. The molecule has 0 aromatic rings. The molecule has 0 amide bonds. The van der Waals surface area contributed by atoms with Gasteiger partial charge in [-0.15, -0.1) is 0 Å².